The van der Waals surface area contributed by atoms with Crippen molar-refractivity contribution in [3.8, 4) is 0 Å². The van der Waals surface area contributed by atoms with Gasteiger partial charge in [-0.15, -0.1) is 0 Å². The van der Waals surface area contributed by atoms with Gasteiger partial charge in [-0.3, -0.25) is 0 Å². The van der Waals surface area contributed by atoms with Crippen LogP contribution in [0, 0.1) is 5.41 Å². The molecule has 1 aliphatic rings. The van der Waals surface area contributed by atoms with Gasteiger partial charge in [-0.2, -0.15) is 13.2 Å². The number of ether oxygens (including phenoxy) is 1. The Kier molecular flexibility index (Phi) is 4.04. The van der Waals surface area contributed by atoms with Gasteiger partial charge in [0.1, 0.15) is 6.61 Å². The minimum atomic E-state index is -4.32. The second-order valence-corrected chi connectivity index (χ2v) is 6.78. The number of hydrogen-bond acceptors (Lipinski definition) is 3. The molecule has 0 spiro atoms. The highest BCUT2D eigenvalue weighted by Gasteiger charge is 2.34. The first-order valence-electron chi connectivity index (χ1n) is 6.22. The van der Waals surface area contributed by atoms with Crippen molar-refractivity contribution >= 4 is 17.7 Å². The topological polar surface area (TPSA) is 21.6 Å². The Balaban J connectivity index is 2.30. The van der Waals surface area contributed by atoms with Crippen molar-refractivity contribution in [3.05, 3.63) is 29.8 Å². The molecule has 0 radical (unpaired) electrons. The second-order valence-electron chi connectivity index (χ2n) is 5.67. The van der Waals surface area contributed by atoms with E-state index in [2.05, 4.69) is 4.99 Å². The summed E-state index contributed by atoms with van der Waals surface area (Å²) >= 11 is -0.138. The van der Waals surface area contributed by atoms with Crippen LogP contribution >= 0.6 is 11.8 Å². The molecular weight excluding hydrogens is 287 g/mol. The van der Waals surface area contributed by atoms with Gasteiger partial charge < -0.3 is 4.74 Å². The van der Waals surface area contributed by atoms with E-state index >= 15 is 0 Å². The molecule has 1 aromatic carbocycles. The molecule has 2 rings (SSSR count). The maximum absolute atomic E-state index is 12.6. The molecule has 0 N–H and O–H groups in total. The largest absolute Gasteiger partial charge is 0.475 e. The number of rotatable bonds is 2. The van der Waals surface area contributed by atoms with E-state index in [1.807, 2.05) is 20.8 Å². The van der Waals surface area contributed by atoms with Crippen LogP contribution in [0.4, 0.5) is 13.2 Å². The van der Waals surface area contributed by atoms with E-state index in [4.69, 9.17) is 4.74 Å². The quantitative estimate of drug-likeness (QED) is 0.751. The summed E-state index contributed by atoms with van der Waals surface area (Å²) in [5, 5.41) is 0. The van der Waals surface area contributed by atoms with E-state index < -0.39 is 5.51 Å². The lowest BCUT2D eigenvalue weighted by Gasteiger charge is -2.21. The molecule has 20 heavy (non-hydrogen) atoms. The average Bonchev–Trinajstić information content (AvgIpc) is 2.76. The monoisotopic (exact) mass is 303 g/mol. The zero-order valence-corrected chi connectivity index (χ0v) is 12.3. The third-order valence-electron chi connectivity index (χ3n) is 2.99. The fourth-order valence-electron chi connectivity index (χ4n) is 1.82. The van der Waals surface area contributed by atoms with Crippen molar-refractivity contribution in [2.45, 2.75) is 37.2 Å². The Labute approximate surface area is 120 Å². The highest BCUT2D eigenvalue weighted by atomic mass is 32.2. The average molecular weight is 303 g/mol. The molecular formula is C14H16F3NOS. The van der Waals surface area contributed by atoms with Gasteiger partial charge in [-0.1, -0.05) is 32.9 Å². The fourth-order valence-corrected chi connectivity index (χ4v) is 2.48. The Bertz CT molecular complexity index is 520. The number of thioether (sulfide) groups is 1. The van der Waals surface area contributed by atoms with Crippen molar-refractivity contribution in [3.63, 3.8) is 0 Å². The molecule has 6 heteroatoms. The fraction of sp³-hybridized carbons (Fsp3) is 0.500. The molecule has 2 nitrogen and oxygen atoms in total. The van der Waals surface area contributed by atoms with Crippen molar-refractivity contribution in [1.82, 2.24) is 0 Å². The van der Waals surface area contributed by atoms with Gasteiger partial charge >= 0.3 is 5.51 Å². The predicted octanol–water partition coefficient (Wildman–Crippen LogP) is 4.49. The molecule has 1 aliphatic heterocycles. The van der Waals surface area contributed by atoms with E-state index in [1.165, 1.54) is 6.07 Å². The number of nitrogens with zero attached hydrogens (tertiary/aromatic N) is 1. The van der Waals surface area contributed by atoms with Gasteiger partial charge in [0.15, 0.2) is 0 Å². The maximum atomic E-state index is 12.6. The zero-order chi connectivity index (χ0) is 15.0. The van der Waals surface area contributed by atoms with Crippen LogP contribution in [-0.4, -0.2) is 24.1 Å². The predicted molar refractivity (Wildman–Crippen MR) is 74.1 cm³/mol. The Hall–Kier alpha value is -1.17. The third kappa shape index (κ3) is 3.69. The van der Waals surface area contributed by atoms with Gasteiger partial charge in [0, 0.05) is 4.90 Å². The van der Waals surface area contributed by atoms with Crippen LogP contribution in [0.5, 0.6) is 0 Å². The van der Waals surface area contributed by atoms with Crippen LogP contribution in [0.3, 0.4) is 0 Å². The Morgan fingerprint density at radius 3 is 2.40 bits per heavy atom. The van der Waals surface area contributed by atoms with Crippen molar-refractivity contribution in [2.24, 2.45) is 10.4 Å². The molecule has 0 amide bonds. The summed E-state index contributed by atoms with van der Waals surface area (Å²) in [4.78, 5) is 4.55. The van der Waals surface area contributed by atoms with E-state index in [0.29, 0.717) is 18.1 Å². The summed E-state index contributed by atoms with van der Waals surface area (Å²) in [7, 11) is 0. The summed E-state index contributed by atoms with van der Waals surface area (Å²) in [6.07, 6.45) is 0. The molecule has 110 valence electrons. The molecule has 0 bridgehead atoms. The Morgan fingerprint density at radius 2 is 1.85 bits per heavy atom. The van der Waals surface area contributed by atoms with Crippen LogP contribution in [0.2, 0.25) is 0 Å². The lowest BCUT2D eigenvalue weighted by atomic mass is 9.88. The lowest BCUT2D eigenvalue weighted by molar-refractivity contribution is -0.0328. The minimum Gasteiger partial charge on any atom is -0.475 e. The second kappa shape index (κ2) is 5.31. The first-order valence-corrected chi connectivity index (χ1v) is 7.04. The molecule has 0 saturated carbocycles. The summed E-state index contributed by atoms with van der Waals surface area (Å²) < 4.78 is 43.2. The molecule has 0 aliphatic carbocycles. The van der Waals surface area contributed by atoms with E-state index in [-0.39, 0.29) is 28.1 Å². The third-order valence-corrected chi connectivity index (χ3v) is 3.80. The number of halogens is 3. The molecule has 0 aromatic heterocycles. The van der Waals surface area contributed by atoms with Gasteiger partial charge in [-0.25, -0.2) is 4.99 Å². The summed E-state index contributed by atoms with van der Waals surface area (Å²) in [6.45, 7) is 6.50. The van der Waals surface area contributed by atoms with Crippen LogP contribution in [0.15, 0.2) is 34.2 Å². The van der Waals surface area contributed by atoms with Crippen molar-refractivity contribution in [1.29, 1.82) is 0 Å². The smallest absolute Gasteiger partial charge is 0.446 e. The SMILES string of the molecule is CC(C)(C)[C@H]1COC(c2ccccc2SC(F)(F)F)=N1. The molecule has 1 aromatic rings. The molecule has 1 heterocycles. The molecule has 0 fully saturated rings. The number of alkyl halides is 3. The van der Waals surface area contributed by atoms with Crippen molar-refractivity contribution in [2.75, 3.05) is 6.61 Å². The highest BCUT2D eigenvalue weighted by Crippen LogP contribution is 2.39. The van der Waals surface area contributed by atoms with Gasteiger partial charge in [0.05, 0.1) is 11.6 Å². The van der Waals surface area contributed by atoms with Crippen LogP contribution in [0.1, 0.15) is 26.3 Å². The number of aliphatic imine (C=N–C) groups is 1. The highest BCUT2D eigenvalue weighted by molar-refractivity contribution is 8.00. The van der Waals surface area contributed by atoms with Crippen molar-refractivity contribution < 1.29 is 17.9 Å². The van der Waals surface area contributed by atoms with Gasteiger partial charge in [0.2, 0.25) is 5.90 Å². The minimum absolute atomic E-state index is 0.0403. The summed E-state index contributed by atoms with van der Waals surface area (Å²) in [6, 6.07) is 6.27. The first-order chi connectivity index (χ1) is 9.17. The van der Waals surface area contributed by atoms with Gasteiger partial charge in [-0.05, 0) is 29.3 Å². The molecule has 1 atom stereocenters. The van der Waals surface area contributed by atoms with E-state index in [9.17, 15) is 13.2 Å². The molecule has 0 unspecified atom stereocenters. The Morgan fingerprint density at radius 1 is 1.20 bits per heavy atom. The number of benzene rings is 1. The van der Waals surface area contributed by atoms with E-state index in [1.54, 1.807) is 18.2 Å². The van der Waals surface area contributed by atoms with Crippen LogP contribution in [0.25, 0.3) is 0 Å². The van der Waals surface area contributed by atoms with Crippen LogP contribution < -0.4 is 0 Å². The standard InChI is InChI=1S/C14H16F3NOS/c1-13(2,3)11-8-19-12(18-11)9-6-4-5-7-10(9)20-14(15,16)17/h4-7,11H,8H2,1-3H3/t11-/m1/s1. The molecule has 0 saturated heterocycles. The number of hydrogen-bond donors (Lipinski definition) is 0. The van der Waals surface area contributed by atoms with E-state index in [0.717, 1.165) is 0 Å². The maximum Gasteiger partial charge on any atom is 0.446 e. The lowest BCUT2D eigenvalue weighted by Crippen LogP contribution is -2.25. The van der Waals surface area contributed by atoms with Crippen LogP contribution in [-0.2, 0) is 4.74 Å². The summed E-state index contributed by atoms with van der Waals surface area (Å²) in [5.74, 6) is 0.303. The normalized spacial score (nSPS) is 19.7. The summed E-state index contributed by atoms with van der Waals surface area (Å²) in [5.41, 5.74) is -3.99. The van der Waals surface area contributed by atoms with Gasteiger partial charge in [0.25, 0.3) is 0 Å². The zero-order valence-electron chi connectivity index (χ0n) is 11.5. The first kappa shape index (κ1) is 15.2.